The van der Waals surface area contributed by atoms with Crippen LogP contribution in [0.3, 0.4) is 0 Å². The number of H-pyrrole nitrogens is 1. The number of alkyl halides is 1. The predicted molar refractivity (Wildman–Crippen MR) is 61.3 cm³/mol. The lowest BCUT2D eigenvalue weighted by Crippen LogP contribution is -2.36. The smallest absolute Gasteiger partial charge is 0.330 e. The summed E-state index contributed by atoms with van der Waals surface area (Å²) in [5.41, 5.74) is -2.16. The number of carbonyl (C=O) groups is 1. The van der Waals surface area contributed by atoms with Crippen LogP contribution < -0.4 is 11.2 Å². The van der Waals surface area contributed by atoms with Crippen LogP contribution in [-0.2, 0) is 14.3 Å². The summed E-state index contributed by atoms with van der Waals surface area (Å²) in [6.07, 6.45) is -3.20. The highest BCUT2D eigenvalue weighted by Gasteiger charge is 2.38. The first-order chi connectivity index (χ1) is 9.38. The van der Waals surface area contributed by atoms with Gasteiger partial charge in [-0.25, -0.2) is 9.18 Å². The first-order valence-corrected chi connectivity index (χ1v) is 5.82. The van der Waals surface area contributed by atoms with Gasteiger partial charge in [0, 0.05) is 13.3 Å². The molecule has 0 amide bonds. The number of aromatic nitrogens is 2. The van der Waals surface area contributed by atoms with E-state index in [0.717, 1.165) is 0 Å². The Hall–Kier alpha value is -2.03. The van der Waals surface area contributed by atoms with E-state index in [4.69, 9.17) is 4.74 Å². The Labute approximate surface area is 111 Å². The van der Waals surface area contributed by atoms with E-state index in [1.54, 1.807) is 4.98 Å². The third-order valence-corrected chi connectivity index (χ3v) is 2.80. The normalized spacial score (nSPS) is 25.6. The van der Waals surface area contributed by atoms with Crippen molar-refractivity contribution >= 4 is 5.97 Å². The van der Waals surface area contributed by atoms with E-state index >= 15 is 0 Å². The van der Waals surface area contributed by atoms with E-state index < -0.39 is 41.5 Å². The maximum absolute atomic E-state index is 13.8. The Morgan fingerprint density at radius 2 is 2.30 bits per heavy atom. The van der Waals surface area contributed by atoms with Gasteiger partial charge in [-0.3, -0.25) is 19.1 Å². The summed E-state index contributed by atoms with van der Waals surface area (Å²) in [5.74, 6) is -1.76. The summed E-state index contributed by atoms with van der Waals surface area (Å²) in [6, 6.07) is 0. The summed E-state index contributed by atoms with van der Waals surface area (Å²) >= 11 is 0. The minimum atomic E-state index is -1.58. The fraction of sp³-hybridized carbons (Fsp3) is 0.545. The van der Waals surface area contributed by atoms with Crippen molar-refractivity contribution in [2.45, 2.75) is 31.8 Å². The minimum absolute atomic E-state index is 0.106. The number of halogens is 2. The van der Waals surface area contributed by atoms with Gasteiger partial charge >= 0.3 is 11.7 Å². The number of ether oxygens (including phenoxy) is 2. The number of hydrogen-bond donors (Lipinski definition) is 1. The van der Waals surface area contributed by atoms with E-state index in [-0.39, 0.29) is 13.0 Å². The third kappa shape index (κ3) is 2.93. The molecule has 7 nitrogen and oxygen atoms in total. The number of nitrogens with zero attached hydrogens (tertiary/aromatic N) is 1. The van der Waals surface area contributed by atoms with Crippen LogP contribution >= 0.6 is 0 Å². The van der Waals surface area contributed by atoms with Gasteiger partial charge in [0.2, 0.25) is 5.82 Å². The first kappa shape index (κ1) is 14.4. The first-order valence-electron chi connectivity index (χ1n) is 5.82. The van der Waals surface area contributed by atoms with Crippen LogP contribution in [0.1, 0.15) is 19.6 Å². The van der Waals surface area contributed by atoms with E-state index in [2.05, 4.69) is 4.74 Å². The van der Waals surface area contributed by atoms with Crippen molar-refractivity contribution in [3.63, 3.8) is 0 Å². The zero-order chi connectivity index (χ0) is 14.9. The molecule has 1 aromatic heterocycles. The Bertz CT molecular complexity index is 626. The van der Waals surface area contributed by atoms with Gasteiger partial charge in [-0.15, -0.1) is 0 Å². The second kappa shape index (κ2) is 5.53. The van der Waals surface area contributed by atoms with Crippen molar-refractivity contribution < 1.29 is 23.0 Å². The Morgan fingerprint density at radius 1 is 1.60 bits per heavy atom. The largest absolute Gasteiger partial charge is 0.463 e. The summed E-state index contributed by atoms with van der Waals surface area (Å²) in [6.45, 7) is 1.04. The highest BCUT2D eigenvalue weighted by Crippen LogP contribution is 2.30. The summed E-state index contributed by atoms with van der Waals surface area (Å²) in [4.78, 5) is 34.8. The predicted octanol–water partition coefficient (Wildman–Crippen LogP) is -0.136. The molecule has 1 aliphatic heterocycles. The third-order valence-electron chi connectivity index (χ3n) is 2.80. The molecule has 0 unspecified atom stereocenters. The van der Waals surface area contributed by atoms with Crippen molar-refractivity contribution in [2.75, 3.05) is 6.61 Å². The zero-order valence-corrected chi connectivity index (χ0v) is 10.5. The monoisotopic (exact) mass is 290 g/mol. The molecule has 1 fully saturated rings. The highest BCUT2D eigenvalue weighted by molar-refractivity contribution is 5.65. The summed E-state index contributed by atoms with van der Waals surface area (Å²) in [7, 11) is 0. The SMILES string of the molecule is CC(=O)OC[C@@H]1C[C@H](F)[C@H](n2cc(F)c(=O)[nH]c2=O)O1. The number of rotatable bonds is 3. The number of aromatic amines is 1. The fourth-order valence-corrected chi connectivity index (χ4v) is 1.91. The molecule has 1 aliphatic rings. The maximum atomic E-state index is 13.8. The molecule has 0 spiro atoms. The molecule has 3 atom stereocenters. The highest BCUT2D eigenvalue weighted by atomic mass is 19.1. The van der Waals surface area contributed by atoms with Crippen molar-refractivity contribution in [1.29, 1.82) is 0 Å². The molecule has 0 bridgehead atoms. The lowest BCUT2D eigenvalue weighted by Gasteiger charge is -2.16. The molecular formula is C11H12F2N2O5. The van der Waals surface area contributed by atoms with Crippen molar-refractivity contribution in [2.24, 2.45) is 0 Å². The van der Waals surface area contributed by atoms with Gasteiger partial charge in [0.1, 0.15) is 12.8 Å². The van der Waals surface area contributed by atoms with Gasteiger partial charge in [0.05, 0.1) is 12.3 Å². The second-order valence-corrected chi connectivity index (χ2v) is 4.35. The van der Waals surface area contributed by atoms with E-state index in [1.165, 1.54) is 6.92 Å². The number of hydrogen-bond acceptors (Lipinski definition) is 5. The van der Waals surface area contributed by atoms with E-state index in [0.29, 0.717) is 10.8 Å². The topological polar surface area (TPSA) is 90.4 Å². The van der Waals surface area contributed by atoms with Crippen LogP contribution in [-0.4, -0.2) is 34.4 Å². The van der Waals surface area contributed by atoms with Crippen LogP contribution in [0.15, 0.2) is 15.8 Å². The quantitative estimate of drug-likeness (QED) is 0.783. The van der Waals surface area contributed by atoms with Gasteiger partial charge in [-0.1, -0.05) is 0 Å². The van der Waals surface area contributed by atoms with Crippen LogP contribution in [0.5, 0.6) is 0 Å². The second-order valence-electron chi connectivity index (χ2n) is 4.35. The number of carbonyl (C=O) groups excluding carboxylic acids is 1. The Balaban J connectivity index is 2.18. The Morgan fingerprint density at radius 3 is 2.95 bits per heavy atom. The molecule has 1 saturated heterocycles. The standard InChI is InChI=1S/C11H12F2N2O5/c1-5(16)19-4-6-2-7(12)10(20-6)15-3-8(13)9(17)14-11(15)18/h3,6-7,10H,2,4H2,1H3,(H,14,17,18)/t6-,7-,10+/m0/s1. The van der Waals surface area contributed by atoms with Crippen LogP contribution in [0.2, 0.25) is 0 Å². The lowest BCUT2D eigenvalue weighted by atomic mass is 10.2. The molecule has 1 N–H and O–H groups in total. The molecular weight excluding hydrogens is 278 g/mol. The minimum Gasteiger partial charge on any atom is -0.463 e. The van der Waals surface area contributed by atoms with Crippen LogP contribution in [0.4, 0.5) is 8.78 Å². The van der Waals surface area contributed by atoms with Crippen molar-refractivity contribution in [3.05, 3.63) is 32.9 Å². The summed E-state index contributed by atoms with van der Waals surface area (Å²) < 4.78 is 37.5. The molecule has 9 heteroatoms. The molecule has 0 aliphatic carbocycles. The summed E-state index contributed by atoms with van der Waals surface area (Å²) in [5, 5.41) is 0. The van der Waals surface area contributed by atoms with Crippen molar-refractivity contribution in [3.8, 4) is 0 Å². The molecule has 110 valence electrons. The van der Waals surface area contributed by atoms with Crippen LogP contribution in [0.25, 0.3) is 0 Å². The average Bonchev–Trinajstić information content (AvgIpc) is 2.72. The molecule has 1 aromatic rings. The maximum Gasteiger partial charge on any atom is 0.330 e. The van der Waals surface area contributed by atoms with Gasteiger partial charge in [0.15, 0.2) is 6.23 Å². The van der Waals surface area contributed by atoms with Crippen LogP contribution in [0, 0.1) is 5.82 Å². The molecule has 0 aromatic carbocycles. The zero-order valence-electron chi connectivity index (χ0n) is 10.5. The van der Waals surface area contributed by atoms with E-state index in [1.807, 2.05) is 0 Å². The number of nitrogens with one attached hydrogen (secondary N) is 1. The van der Waals surface area contributed by atoms with Gasteiger partial charge in [0.25, 0.3) is 5.56 Å². The van der Waals surface area contributed by atoms with E-state index in [9.17, 15) is 23.2 Å². The molecule has 0 radical (unpaired) electrons. The molecule has 2 heterocycles. The lowest BCUT2D eigenvalue weighted by molar-refractivity contribution is -0.145. The van der Waals surface area contributed by atoms with Gasteiger partial charge in [-0.2, -0.15) is 4.39 Å². The molecule has 2 rings (SSSR count). The molecule has 0 saturated carbocycles. The average molecular weight is 290 g/mol. The number of esters is 1. The Kier molecular flexibility index (Phi) is 3.98. The van der Waals surface area contributed by atoms with Crippen molar-refractivity contribution in [1.82, 2.24) is 9.55 Å². The van der Waals surface area contributed by atoms with Gasteiger partial charge in [-0.05, 0) is 0 Å². The molecule has 20 heavy (non-hydrogen) atoms. The fourth-order valence-electron chi connectivity index (χ4n) is 1.91. The van der Waals surface area contributed by atoms with Gasteiger partial charge < -0.3 is 9.47 Å².